The van der Waals surface area contributed by atoms with Crippen LogP contribution in [0.25, 0.3) is 0 Å². The van der Waals surface area contributed by atoms with Gasteiger partial charge in [-0.2, -0.15) is 0 Å². The molecular weight excluding hydrogens is 138 g/mol. The highest BCUT2D eigenvalue weighted by atomic mass is 15.4. The quantitative estimate of drug-likeness (QED) is 0.549. The molecule has 3 nitrogen and oxygen atoms in total. The first kappa shape index (κ1) is 8.53. The Bertz CT molecular complexity index is 161. The third kappa shape index (κ3) is 2.50. The molecule has 0 aromatic heterocycles. The van der Waals surface area contributed by atoms with Crippen molar-refractivity contribution in [2.45, 2.75) is 38.6 Å². The molecule has 0 aromatic rings. The van der Waals surface area contributed by atoms with E-state index in [2.05, 4.69) is 29.7 Å². The van der Waals surface area contributed by atoms with Crippen molar-refractivity contribution >= 4 is 5.84 Å². The second-order valence-corrected chi connectivity index (χ2v) is 3.66. The van der Waals surface area contributed by atoms with Gasteiger partial charge in [-0.25, -0.2) is 5.43 Å². The Hall–Kier alpha value is -0.570. The van der Waals surface area contributed by atoms with E-state index in [4.69, 9.17) is 0 Å². The van der Waals surface area contributed by atoms with Gasteiger partial charge in [-0.3, -0.25) is 4.99 Å². The SMILES string of the molecule is CN=C1CCCC(C)(C)NN1. The van der Waals surface area contributed by atoms with E-state index >= 15 is 0 Å². The van der Waals surface area contributed by atoms with Crippen molar-refractivity contribution in [2.24, 2.45) is 4.99 Å². The highest BCUT2D eigenvalue weighted by Gasteiger charge is 2.20. The lowest BCUT2D eigenvalue weighted by Crippen LogP contribution is -2.48. The Labute approximate surface area is 68.3 Å². The molecule has 0 unspecified atom stereocenters. The molecule has 1 aliphatic heterocycles. The van der Waals surface area contributed by atoms with Crippen LogP contribution in [0.15, 0.2) is 4.99 Å². The van der Waals surface area contributed by atoms with E-state index in [9.17, 15) is 0 Å². The Morgan fingerprint density at radius 2 is 2.18 bits per heavy atom. The third-order valence-corrected chi connectivity index (χ3v) is 2.03. The minimum absolute atomic E-state index is 0.201. The maximum atomic E-state index is 4.12. The summed E-state index contributed by atoms with van der Waals surface area (Å²) in [5, 5.41) is 0. The summed E-state index contributed by atoms with van der Waals surface area (Å²) in [6.45, 7) is 4.39. The van der Waals surface area contributed by atoms with E-state index in [-0.39, 0.29) is 5.54 Å². The maximum absolute atomic E-state index is 4.12. The average Bonchev–Trinajstić information content (AvgIpc) is 2.10. The number of hydrogen-bond donors (Lipinski definition) is 2. The van der Waals surface area contributed by atoms with Gasteiger partial charge in [-0.05, 0) is 26.7 Å². The van der Waals surface area contributed by atoms with Gasteiger partial charge in [-0.15, -0.1) is 0 Å². The topological polar surface area (TPSA) is 36.4 Å². The van der Waals surface area contributed by atoms with Crippen molar-refractivity contribution in [1.82, 2.24) is 10.9 Å². The van der Waals surface area contributed by atoms with Gasteiger partial charge in [-0.1, -0.05) is 0 Å². The molecule has 0 radical (unpaired) electrons. The molecule has 2 N–H and O–H groups in total. The summed E-state index contributed by atoms with van der Waals surface area (Å²) in [5.74, 6) is 1.07. The summed E-state index contributed by atoms with van der Waals surface area (Å²) in [4.78, 5) is 4.12. The monoisotopic (exact) mass is 155 g/mol. The summed E-state index contributed by atoms with van der Waals surface area (Å²) in [5.41, 5.74) is 6.56. The number of aliphatic imine (C=N–C) groups is 1. The fraction of sp³-hybridized carbons (Fsp3) is 0.875. The Balaban J connectivity index is 2.53. The molecule has 1 rings (SSSR count). The molecule has 1 heterocycles. The summed E-state index contributed by atoms with van der Waals surface area (Å²) in [7, 11) is 1.82. The van der Waals surface area contributed by atoms with Crippen LogP contribution >= 0.6 is 0 Å². The first-order chi connectivity index (χ1) is 5.14. The fourth-order valence-electron chi connectivity index (χ4n) is 1.23. The van der Waals surface area contributed by atoms with Crippen LogP contribution in [0.4, 0.5) is 0 Å². The van der Waals surface area contributed by atoms with E-state index in [1.54, 1.807) is 0 Å². The van der Waals surface area contributed by atoms with Gasteiger partial charge in [0.2, 0.25) is 0 Å². The average molecular weight is 155 g/mol. The smallest absolute Gasteiger partial charge is 0.110 e. The van der Waals surface area contributed by atoms with Crippen LogP contribution in [0.5, 0.6) is 0 Å². The molecule has 0 aromatic carbocycles. The second kappa shape index (κ2) is 3.22. The van der Waals surface area contributed by atoms with Crippen LogP contribution in [-0.4, -0.2) is 18.4 Å². The van der Waals surface area contributed by atoms with Crippen molar-refractivity contribution in [3.8, 4) is 0 Å². The normalized spacial score (nSPS) is 27.7. The summed E-state index contributed by atoms with van der Waals surface area (Å²) < 4.78 is 0. The minimum atomic E-state index is 0.201. The highest BCUT2D eigenvalue weighted by Crippen LogP contribution is 2.14. The molecule has 3 heteroatoms. The van der Waals surface area contributed by atoms with Crippen LogP contribution in [0.3, 0.4) is 0 Å². The maximum Gasteiger partial charge on any atom is 0.110 e. The van der Waals surface area contributed by atoms with Crippen molar-refractivity contribution in [3.63, 3.8) is 0 Å². The van der Waals surface area contributed by atoms with Crippen LogP contribution in [-0.2, 0) is 0 Å². The summed E-state index contributed by atoms with van der Waals surface area (Å²) in [6, 6.07) is 0. The molecule has 0 saturated carbocycles. The van der Waals surface area contributed by atoms with Gasteiger partial charge in [0.05, 0.1) is 0 Å². The molecule has 0 spiro atoms. The highest BCUT2D eigenvalue weighted by molar-refractivity contribution is 5.81. The van der Waals surface area contributed by atoms with Crippen molar-refractivity contribution < 1.29 is 0 Å². The zero-order valence-electron chi connectivity index (χ0n) is 7.57. The van der Waals surface area contributed by atoms with Crippen LogP contribution in [0.1, 0.15) is 33.1 Å². The van der Waals surface area contributed by atoms with Gasteiger partial charge >= 0.3 is 0 Å². The number of nitrogens with one attached hydrogen (secondary N) is 2. The molecule has 1 saturated heterocycles. The number of hydrazine groups is 1. The van der Waals surface area contributed by atoms with Gasteiger partial charge in [0.15, 0.2) is 0 Å². The summed E-state index contributed by atoms with van der Waals surface area (Å²) in [6.07, 6.45) is 3.46. The first-order valence-corrected chi connectivity index (χ1v) is 4.13. The molecule has 1 fully saturated rings. The third-order valence-electron chi connectivity index (χ3n) is 2.03. The van der Waals surface area contributed by atoms with Gasteiger partial charge < -0.3 is 5.43 Å². The lowest BCUT2D eigenvalue weighted by molar-refractivity contribution is 0.353. The van der Waals surface area contributed by atoms with Crippen molar-refractivity contribution in [3.05, 3.63) is 0 Å². The lowest BCUT2D eigenvalue weighted by atomic mass is 9.99. The fourth-order valence-corrected chi connectivity index (χ4v) is 1.23. The molecule has 11 heavy (non-hydrogen) atoms. The second-order valence-electron chi connectivity index (χ2n) is 3.66. The molecule has 1 aliphatic rings. The van der Waals surface area contributed by atoms with E-state index in [0.29, 0.717) is 0 Å². The summed E-state index contributed by atoms with van der Waals surface area (Å²) >= 11 is 0. The zero-order valence-corrected chi connectivity index (χ0v) is 7.57. The Morgan fingerprint density at radius 1 is 1.45 bits per heavy atom. The van der Waals surface area contributed by atoms with Gasteiger partial charge in [0, 0.05) is 19.0 Å². The predicted molar refractivity (Wildman–Crippen MR) is 47.6 cm³/mol. The first-order valence-electron chi connectivity index (χ1n) is 4.13. The van der Waals surface area contributed by atoms with Crippen LogP contribution in [0, 0.1) is 0 Å². The van der Waals surface area contributed by atoms with E-state index in [1.807, 2.05) is 7.05 Å². The molecular formula is C8H17N3. The largest absolute Gasteiger partial charge is 0.309 e. The van der Waals surface area contributed by atoms with E-state index < -0.39 is 0 Å². The van der Waals surface area contributed by atoms with Crippen LogP contribution in [0.2, 0.25) is 0 Å². The zero-order chi connectivity index (χ0) is 8.32. The molecule has 64 valence electrons. The number of nitrogens with zero attached hydrogens (tertiary/aromatic N) is 1. The Kier molecular flexibility index (Phi) is 2.49. The van der Waals surface area contributed by atoms with Gasteiger partial charge in [0.1, 0.15) is 5.84 Å². The molecule has 0 aliphatic carbocycles. The predicted octanol–water partition coefficient (Wildman–Crippen LogP) is 1.07. The Morgan fingerprint density at radius 3 is 2.82 bits per heavy atom. The standard InChI is InChI=1S/C8H17N3/c1-8(2)6-4-5-7(9-3)10-11-8/h11H,4-6H2,1-3H3,(H,9,10). The van der Waals surface area contributed by atoms with E-state index in [1.165, 1.54) is 12.8 Å². The molecule has 0 atom stereocenters. The number of amidine groups is 1. The van der Waals surface area contributed by atoms with E-state index in [0.717, 1.165) is 12.3 Å². The number of rotatable bonds is 0. The number of hydrogen-bond acceptors (Lipinski definition) is 2. The lowest BCUT2D eigenvalue weighted by Gasteiger charge is -2.23. The van der Waals surface area contributed by atoms with Crippen molar-refractivity contribution in [2.75, 3.05) is 7.05 Å². The molecule has 0 bridgehead atoms. The van der Waals surface area contributed by atoms with Crippen molar-refractivity contribution in [1.29, 1.82) is 0 Å². The van der Waals surface area contributed by atoms with Gasteiger partial charge in [0.25, 0.3) is 0 Å². The van der Waals surface area contributed by atoms with Crippen LogP contribution < -0.4 is 10.9 Å². The minimum Gasteiger partial charge on any atom is -0.309 e. The molecule has 0 amide bonds.